The molecule has 0 saturated heterocycles. The van der Waals surface area contributed by atoms with Gasteiger partial charge in [0.2, 0.25) is 0 Å². The SMILES string of the molecule is COC(=O)CCc1c(Cc2[nH]c(C(=O)OC(C)(C)C)c(C)c2C)[nH]c(C(=O)O)c1C. The van der Waals surface area contributed by atoms with Crippen molar-refractivity contribution in [3.05, 3.63) is 45.0 Å². The van der Waals surface area contributed by atoms with E-state index < -0.39 is 17.5 Å². The van der Waals surface area contributed by atoms with Gasteiger partial charge in [-0.15, -0.1) is 0 Å². The van der Waals surface area contributed by atoms with E-state index in [2.05, 4.69) is 9.97 Å². The Morgan fingerprint density at radius 1 is 0.933 bits per heavy atom. The molecule has 3 N–H and O–H groups in total. The minimum Gasteiger partial charge on any atom is -0.477 e. The van der Waals surface area contributed by atoms with E-state index in [4.69, 9.17) is 9.47 Å². The molecule has 0 radical (unpaired) electrons. The van der Waals surface area contributed by atoms with Crippen LogP contribution < -0.4 is 0 Å². The number of hydrogen-bond donors (Lipinski definition) is 3. The predicted octanol–water partition coefficient (Wildman–Crippen LogP) is 3.62. The van der Waals surface area contributed by atoms with Crippen molar-refractivity contribution in [2.45, 2.75) is 66.4 Å². The molecule has 2 aromatic rings. The summed E-state index contributed by atoms with van der Waals surface area (Å²) >= 11 is 0. The zero-order chi connectivity index (χ0) is 22.8. The Kier molecular flexibility index (Phi) is 6.80. The third kappa shape index (κ3) is 5.11. The molecule has 0 atom stereocenters. The maximum Gasteiger partial charge on any atom is 0.355 e. The number of nitrogens with one attached hydrogen (secondary N) is 2. The molecule has 0 bridgehead atoms. The van der Waals surface area contributed by atoms with Crippen LogP contribution in [0.15, 0.2) is 0 Å². The number of ether oxygens (including phenoxy) is 2. The number of carbonyl (C=O) groups excluding carboxylic acids is 2. The summed E-state index contributed by atoms with van der Waals surface area (Å²) in [5.41, 5.74) is 4.39. The van der Waals surface area contributed by atoms with Gasteiger partial charge in [0.25, 0.3) is 0 Å². The zero-order valence-corrected chi connectivity index (χ0v) is 18.6. The van der Waals surface area contributed by atoms with Gasteiger partial charge in [-0.2, -0.15) is 0 Å². The first-order chi connectivity index (χ1) is 13.9. The van der Waals surface area contributed by atoms with Gasteiger partial charge in [-0.05, 0) is 70.2 Å². The molecule has 0 amide bonds. The van der Waals surface area contributed by atoms with Gasteiger partial charge < -0.3 is 24.5 Å². The lowest BCUT2D eigenvalue weighted by molar-refractivity contribution is -0.140. The first kappa shape index (κ1) is 23.3. The normalized spacial score (nSPS) is 11.4. The largest absolute Gasteiger partial charge is 0.477 e. The number of aromatic carboxylic acids is 1. The Morgan fingerprint density at radius 3 is 2.07 bits per heavy atom. The van der Waals surface area contributed by atoms with Gasteiger partial charge in [0.1, 0.15) is 17.0 Å². The summed E-state index contributed by atoms with van der Waals surface area (Å²) in [4.78, 5) is 41.8. The van der Waals surface area contributed by atoms with Crippen molar-refractivity contribution in [1.29, 1.82) is 0 Å². The van der Waals surface area contributed by atoms with Crippen molar-refractivity contribution in [3.8, 4) is 0 Å². The van der Waals surface area contributed by atoms with Gasteiger partial charge in [-0.3, -0.25) is 4.79 Å². The lowest BCUT2D eigenvalue weighted by Crippen LogP contribution is -2.24. The van der Waals surface area contributed by atoms with E-state index in [1.165, 1.54) is 7.11 Å². The van der Waals surface area contributed by atoms with Gasteiger partial charge >= 0.3 is 17.9 Å². The molecule has 0 aliphatic carbocycles. The highest BCUT2D eigenvalue weighted by Gasteiger charge is 2.25. The second-order valence-corrected chi connectivity index (χ2v) is 8.37. The van der Waals surface area contributed by atoms with Crippen molar-refractivity contribution in [1.82, 2.24) is 9.97 Å². The summed E-state index contributed by atoms with van der Waals surface area (Å²) in [6.45, 7) is 10.9. The molecule has 0 spiro atoms. The fourth-order valence-electron chi connectivity index (χ4n) is 3.37. The van der Waals surface area contributed by atoms with E-state index >= 15 is 0 Å². The summed E-state index contributed by atoms with van der Waals surface area (Å²) in [6.07, 6.45) is 0.864. The van der Waals surface area contributed by atoms with Crippen LogP contribution in [0.4, 0.5) is 0 Å². The van der Waals surface area contributed by atoms with Crippen molar-refractivity contribution < 1.29 is 29.0 Å². The lowest BCUT2D eigenvalue weighted by Gasteiger charge is -2.19. The molecular weight excluding hydrogens is 388 g/mol. The van der Waals surface area contributed by atoms with Crippen LogP contribution in [0, 0.1) is 20.8 Å². The Bertz CT molecular complexity index is 975. The van der Waals surface area contributed by atoms with Gasteiger partial charge in [0.05, 0.1) is 7.11 Å². The summed E-state index contributed by atoms with van der Waals surface area (Å²) in [7, 11) is 1.32. The van der Waals surface area contributed by atoms with Crippen molar-refractivity contribution in [2.24, 2.45) is 0 Å². The van der Waals surface area contributed by atoms with Crippen molar-refractivity contribution in [2.75, 3.05) is 7.11 Å². The number of hydrogen-bond acceptors (Lipinski definition) is 5. The molecule has 0 aromatic carbocycles. The van der Waals surface area contributed by atoms with Crippen LogP contribution in [0.25, 0.3) is 0 Å². The van der Waals surface area contributed by atoms with E-state index in [1.807, 2.05) is 13.8 Å². The number of aromatic amines is 2. The predicted molar refractivity (Wildman–Crippen MR) is 111 cm³/mol. The number of carboxylic acid groups (broad SMARTS) is 1. The summed E-state index contributed by atoms with van der Waals surface area (Å²) < 4.78 is 10.2. The first-order valence-corrected chi connectivity index (χ1v) is 9.77. The topological polar surface area (TPSA) is 121 Å². The van der Waals surface area contributed by atoms with Gasteiger partial charge in [0, 0.05) is 24.2 Å². The van der Waals surface area contributed by atoms with E-state index in [0.29, 0.717) is 29.8 Å². The quantitative estimate of drug-likeness (QED) is 0.591. The highest BCUT2D eigenvalue weighted by atomic mass is 16.6. The van der Waals surface area contributed by atoms with E-state index in [0.717, 1.165) is 22.4 Å². The average Bonchev–Trinajstić information content (AvgIpc) is 3.10. The molecule has 164 valence electrons. The molecule has 30 heavy (non-hydrogen) atoms. The number of esters is 2. The number of methoxy groups -OCH3 is 1. The highest BCUT2D eigenvalue weighted by molar-refractivity contribution is 5.90. The zero-order valence-electron chi connectivity index (χ0n) is 18.6. The third-order valence-electron chi connectivity index (χ3n) is 5.11. The lowest BCUT2D eigenvalue weighted by atomic mass is 10.0. The standard InChI is InChI=1S/C22H30N2O6/c1-11-12(2)19(21(28)30-22(4,5)6)23-15(11)10-16-14(8-9-17(25)29-7)13(3)18(24-16)20(26)27/h23-24H,8-10H2,1-7H3,(H,26,27). The molecule has 8 heteroatoms. The average molecular weight is 418 g/mol. The van der Waals surface area contributed by atoms with E-state index in [1.54, 1.807) is 27.7 Å². The van der Waals surface area contributed by atoms with Crippen molar-refractivity contribution in [3.63, 3.8) is 0 Å². The maximum atomic E-state index is 12.5. The Balaban J connectivity index is 2.41. The van der Waals surface area contributed by atoms with Crippen LogP contribution in [-0.2, 0) is 27.1 Å². The summed E-state index contributed by atoms with van der Waals surface area (Å²) in [5, 5.41) is 9.48. The Labute approximate surface area is 176 Å². The van der Waals surface area contributed by atoms with Crippen LogP contribution in [-0.4, -0.2) is 45.7 Å². The van der Waals surface area contributed by atoms with Crippen LogP contribution >= 0.6 is 0 Å². The molecule has 2 heterocycles. The number of H-pyrrole nitrogens is 2. The molecule has 0 unspecified atom stereocenters. The second kappa shape index (κ2) is 8.77. The van der Waals surface area contributed by atoms with E-state index in [9.17, 15) is 19.5 Å². The number of rotatable bonds is 7. The number of carbonyl (C=O) groups is 3. The molecule has 2 rings (SSSR count). The fourth-order valence-corrected chi connectivity index (χ4v) is 3.37. The minimum atomic E-state index is -1.06. The third-order valence-corrected chi connectivity index (χ3v) is 5.11. The first-order valence-electron chi connectivity index (χ1n) is 9.77. The molecule has 0 aliphatic rings. The second-order valence-electron chi connectivity index (χ2n) is 8.37. The molecular formula is C22H30N2O6. The van der Waals surface area contributed by atoms with Crippen LogP contribution in [0.1, 0.15) is 81.8 Å². The van der Waals surface area contributed by atoms with Gasteiger partial charge in [-0.1, -0.05) is 0 Å². The summed E-state index contributed by atoms with van der Waals surface area (Å²) in [5.74, 6) is -1.86. The van der Waals surface area contributed by atoms with Gasteiger partial charge in [-0.25, -0.2) is 9.59 Å². The van der Waals surface area contributed by atoms with Crippen LogP contribution in [0.5, 0.6) is 0 Å². The molecule has 0 fully saturated rings. The van der Waals surface area contributed by atoms with E-state index in [-0.39, 0.29) is 18.1 Å². The smallest absolute Gasteiger partial charge is 0.355 e. The van der Waals surface area contributed by atoms with Crippen LogP contribution in [0.3, 0.4) is 0 Å². The van der Waals surface area contributed by atoms with Gasteiger partial charge in [0.15, 0.2) is 0 Å². The molecule has 0 aliphatic heterocycles. The fraction of sp³-hybridized carbons (Fsp3) is 0.500. The summed E-state index contributed by atoms with van der Waals surface area (Å²) in [6, 6.07) is 0. The van der Waals surface area contributed by atoms with Crippen molar-refractivity contribution >= 4 is 17.9 Å². The number of carboxylic acids is 1. The monoisotopic (exact) mass is 418 g/mol. The Morgan fingerprint density at radius 2 is 1.53 bits per heavy atom. The number of aromatic nitrogens is 2. The molecule has 2 aromatic heterocycles. The molecule has 0 saturated carbocycles. The minimum absolute atomic E-state index is 0.0955. The Hall–Kier alpha value is -3.03. The molecule has 8 nitrogen and oxygen atoms in total. The maximum absolute atomic E-state index is 12.5. The highest BCUT2D eigenvalue weighted by Crippen LogP contribution is 2.26. The van der Waals surface area contributed by atoms with Crippen LogP contribution in [0.2, 0.25) is 0 Å².